The monoisotopic (exact) mass is 247 g/mol. The molecule has 17 heavy (non-hydrogen) atoms. The van der Waals surface area contributed by atoms with Crippen LogP contribution in [0.25, 0.3) is 17.0 Å². The molecule has 0 radical (unpaired) electrons. The molecule has 1 heterocycles. The van der Waals surface area contributed by atoms with E-state index in [-0.39, 0.29) is 5.56 Å². The summed E-state index contributed by atoms with van der Waals surface area (Å²) < 4.78 is 0. The highest BCUT2D eigenvalue weighted by molar-refractivity contribution is 6.38. The SMILES string of the molecule is Cc1cccc2c(Cl)c(C=O)c(C=CO)nc12. The molecule has 0 amide bonds. The molecule has 0 aliphatic heterocycles. The van der Waals surface area contributed by atoms with Crippen molar-refractivity contribution in [2.45, 2.75) is 6.92 Å². The van der Waals surface area contributed by atoms with E-state index in [4.69, 9.17) is 16.7 Å². The highest BCUT2D eigenvalue weighted by atomic mass is 35.5. The molecule has 0 fully saturated rings. The minimum atomic E-state index is 0.287. The van der Waals surface area contributed by atoms with E-state index in [9.17, 15) is 4.79 Å². The Hall–Kier alpha value is -1.87. The predicted octanol–water partition coefficient (Wildman–Crippen LogP) is 3.54. The summed E-state index contributed by atoms with van der Waals surface area (Å²) in [7, 11) is 0. The molecule has 0 saturated heterocycles. The van der Waals surface area contributed by atoms with Gasteiger partial charge < -0.3 is 5.11 Å². The number of pyridine rings is 1. The highest BCUT2D eigenvalue weighted by Gasteiger charge is 2.12. The third kappa shape index (κ3) is 1.89. The summed E-state index contributed by atoms with van der Waals surface area (Å²) >= 11 is 6.17. The number of aryl methyl sites for hydroxylation is 1. The zero-order valence-corrected chi connectivity index (χ0v) is 9.90. The van der Waals surface area contributed by atoms with Gasteiger partial charge in [0.15, 0.2) is 6.29 Å². The first kappa shape index (κ1) is 11.6. The lowest BCUT2D eigenvalue weighted by Gasteiger charge is -2.08. The Kier molecular flexibility index (Phi) is 3.11. The minimum absolute atomic E-state index is 0.287. The normalized spacial score (nSPS) is 11.2. The van der Waals surface area contributed by atoms with Gasteiger partial charge in [-0.1, -0.05) is 29.8 Å². The number of halogens is 1. The first-order valence-electron chi connectivity index (χ1n) is 5.03. The third-order valence-corrected chi connectivity index (χ3v) is 2.98. The number of hydrogen-bond acceptors (Lipinski definition) is 3. The van der Waals surface area contributed by atoms with Crippen molar-refractivity contribution >= 4 is 34.9 Å². The minimum Gasteiger partial charge on any atom is -0.516 e. The number of rotatable bonds is 2. The van der Waals surface area contributed by atoms with Gasteiger partial charge in [-0.05, 0) is 18.6 Å². The average Bonchev–Trinajstić information content (AvgIpc) is 2.32. The number of aliphatic hydroxyl groups excluding tert-OH is 1. The number of para-hydroxylation sites is 1. The van der Waals surface area contributed by atoms with E-state index in [1.54, 1.807) is 0 Å². The van der Waals surface area contributed by atoms with Crippen molar-refractivity contribution in [2.75, 3.05) is 0 Å². The van der Waals surface area contributed by atoms with Crippen molar-refractivity contribution in [1.82, 2.24) is 4.98 Å². The van der Waals surface area contributed by atoms with Gasteiger partial charge >= 0.3 is 0 Å². The summed E-state index contributed by atoms with van der Waals surface area (Å²) in [5.74, 6) is 0. The van der Waals surface area contributed by atoms with E-state index in [0.717, 1.165) is 22.7 Å². The molecule has 0 bridgehead atoms. The number of nitrogens with zero attached hydrogens (tertiary/aromatic N) is 1. The Morgan fingerprint density at radius 2 is 2.18 bits per heavy atom. The van der Waals surface area contributed by atoms with Crippen LogP contribution < -0.4 is 0 Å². The van der Waals surface area contributed by atoms with Crippen LogP contribution in [0.1, 0.15) is 21.6 Å². The number of aliphatic hydroxyl groups is 1. The van der Waals surface area contributed by atoms with E-state index in [0.29, 0.717) is 17.0 Å². The highest BCUT2D eigenvalue weighted by Crippen LogP contribution is 2.29. The summed E-state index contributed by atoms with van der Waals surface area (Å²) in [6.45, 7) is 1.92. The maximum absolute atomic E-state index is 11.0. The number of carbonyl (C=O) groups excluding carboxylic acids is 1. The Labute approximate surface area is 103 Å². The fourth-order valence-corrected chi connectivity index (χ4v) is 2.03. The van der Waals surface area contributed by atoms with Crippen molar-refractivity contribution in [2.24, 2.45) is 0 Å². The van der Waals surface area contributed by atoms with E-state index in [1.165, 1.54) is 6.08 Å². The van der Waals surface area contributed by atoms with Gasteiger partial charge in [-0.3, -0.25) is 4.79 Å². The smallest absolute Gasteiger partial charge is 0.153 e. The molecular weight excluding hydrogens is 238 g/mol. The molecule has 1 aromatic heterocycles. The van der Waals surface area contributed by atoms with Crippen LogP contribution in [0.15, 0.2) is 24.5 Å². The second kappa shape index (κ2) is 4.55. The molecule has 0 unspecified atom stereocenters. The van der Waals surface area contributed by atoms with Crippen LogP contribution in [-0.4, -0.2) is 16.4 Å². The summed E-state index contributed by atoms with van der Waals surface area (Å²) in [5.41, 5.74) is 2.36. The van der Waals surface area contributed by atoms with Crippen molar-refractivity contribution < 1.29 is 9.90 Å². The fraction of sp³-hybridized carbons (Fsp3) is 0.0769. The van der Waals surface area contributed by atoms with Crippen LogP contribution in [-0.2, 0) is 0 Å². The molecule has 86 valence electrons. The Morgan fingerprint density at radius 3 is 2.82 bits per heavy atom. The van der Waals surface area contributed by atoms with Gasteiger partial charge in [-0.15, -0.1) is 0 Å². The van der Waals surface area contributed by atoms with E-state index in [2.05, 4.69) is 4.98 Å². The second-order valence-corrected chi connectivity index (χ2v) is 4.01. The molecule has 2 rings (SSSR count). The van der Waals surface area contributed by atoms with Crippen molar-refractivity contribution in [3.63, 3.8) is 0 Å². The van der Waals surface area contributed by atoms with Gasteiger partial charge in [-0.25, -0.2) is 4.98 Å². The van der Waals surface area contributed by atoms with Crippen LogP contribution in [0.4, 0.5) is 0 Å². The second-order valence-electron chi connectivity index (χ2n) is 3.63. The number of aromatic nitrogens is 1. The summed E-state index contributed by atoms with van der Waals surface area (Å²) in [5, 5.41) is 9.89. The van der Waals surface area contributed by atoms with Gasteiger partial charge in [0.2, 0.25) is 0 Å². The molecule has 1 aromatic carbocycles. The van der Waals surface area contributed by atoms with Crippen LogP contribution in [0.5, 0.6) is 0 Å². The Bertz CT molecular complexity index is 620. The quantitative estimate of drug-likeness (QED) is 0.652. The summed E-state index contributed by atoms with van der Waals surface area (Å²) in [6.07, 6.45) is 2.84. The zero-order chi connectivity index (χ0) is 12.4. The number of fused-ring (bicyclic) bond motifs is 1. The first-order chi connectivity index (χ1) is 8.19. The number of aldehydes is 1. The largest absolute Gasteiger partial charge is 0.516 e. The molecular formula is C13H10ClNO2. The van der Waals surface area contributed by atoms with Crippen LogP contribution in [0, 0.1) is 6.92 Å². The van der Waals surface area contributed by atoms with Crippen molar-refractivity contribution in [1.29, 1.82) is 0 Å². The van der Waals surface area contributed by atoms with Crippen molar-refractivity contribution in [3.8, 4) is 0 Å². The predicted molar refractivity (Wildman–Crippen MR) is 68.5 cm³/mol. The lowest BCUT2D eigenvalue weighted by atomic mass is 10.1. The zero-order valence-electron chi connectivity index (χ0n) is 9.14. The van der Waals surface area contributed by atoms with Gasteiger partial charge in [-0.2, -0.15) is 0 Å². The Balaban J connectivity index is 2.92. The molecule has 2 aromatic rings. The maximum atomic E-state index is 11.0. The average molecular weight is 248 g/mol. The topological polar surface area (TPSA) is 50.2 Å². The fourth-order valence-electron chi connectivity index (χ4n) is 1.73. The molecule has 4 heteroatoms. The van der Waals surface area contributed by atoms with Crippen LogP contribution in [0.2, 0.25) is 5.02 Å². The van der Waals surface area contributed by atoms with Gasteiger partial charge in [0.25, 0.3) is 0 Å². The number of benzene rings is 1. The molecule has 3 nitrogen and oxygen atoms in total. The molecule has 0 spiro atoms. The number of carbonyl (C=O) groups is 1. The maximum Gasteiger partial charge on any atom is 0.153 e. The standard InChI is InChI=1S/C13H10ClNO2/c1-8-3-2-4-9-12(14)10(7-17)11(5-6-16)15-13(8)9/h2-7,16H,1H3. The first-order valence-corrected chi connectivity index (χ1v) is 5.41. The van der Waals surface area contributed by atoms with E-state index >= 15 is 0 Å². The third-order valence-electron chi connectivity index (χ3n) is 2.57. The van der Waals surface area contributed by atoms with Crippen molar-refractivity contribution in [3.05, 3.63) is 46.3 Å². The molecule has 1 N–H and O–H groups in total. The van der Waals surface area contributed by atoms with E-state index < -0.39 is 0 Å². The van der Waals surface area contributed by atoms with E-state index in [1.807, 2.05) is 25.1 Å². The van der Waals surface area contributed by atoms with Gasteiger partial charge in [0.05, 0.1) is 28.1 Å². The van der Waals surface area contributed by atoms with Crippen LogP contribution >= 0.6 is 11.6 Å². The van der Waals surface area contributed by atoms with Gasteiger partial charge in [0.1, 0.15) is 0 Å². The molecule has 0 saturated carbocycles. The van der Waals surface area contributed by atoms with Crippen LogP contribution in [0.3, 0.4) is 0 Å². The Morgan fingerprint density at radius 1 is 1.41 bits per heavy atom. The summed E-state index contributed by atoms with van der Waals surface area (Å²) in [4.78, 5) is 15.3. The molecule has 0 aliphatic rings. The number of hydrogen-bond donors (Lipinski definition) is 1. The van der Waals surface area contributed by atoms with Gasteiger partial charge in [0, 0.05) is 5.39 Å². The lowest BCUT2D eigenvalue weighted by molar-refractivity contribution is 0.112. The summed E-state index contributed by atoms with van der Waals surface area (Å²) in [6, 6.07) is 5.59. The molecule has 0 aliphatic carbocycles. The lowest BCUT2D eigenvalue weighted by Crippen LogP contribution is -1.96. The molecule has 0 atom stereocenters.